The molecule has 3 nitrogen and oxygen atoms in total. The highest BCUT2D eigenvalue weighted by Gasteiger charge is 2.27. The molecule has 0 aromatic rings. The Morgan fingerprint density at radius 2 is 2.38 bits per heavy atom. The van der Waals surface area contributed by atoms with Crippen LogP contribution in [0.4, 0.5) is 0 Å². The second kappa shape index (κ2) is 4.61. The average Bonchev–Trinajstić information content (AvgIpc) is 2.30. The summed E-state index contributed by atoms with van der Waals surface area (Å²) in [7, 11) is -2.79. The van der Waals surface area contributed by atoms with E-state index in [1.165, 1.54) is 0 Å². The van der Waals surface area contributed by atoms with Crippen molar-refractivity contribution >= 4 is 38.1 Å². The number of nitrogens with one attached hydrogen (secondary N) is 1. The van der Waals surface area contributed by atoms with Crippen molar-refractivity contribution in [2.45, 2.75) is 19.4 Å². The monoisotopic (exact) mass is 239 g/mol. The van der Waals surface area contributed by atoms with Gasteiger partial charge in [0.15, 0.2) is 9.84 Å². The molecule has 1 atom stereocenters. The highest BCUT2D eigenvalue weighted by Crippen LogP contribution is 2.13. The second-order valence-corrected chi connectivity index (χ2v) is 7.13. The van der Waals surface area contributed by atoms with Crippen molar-refractivity contribution in [2.75, 3.05) is 17.3 Å². The largest absolute Gasteiger partial charge is 0.367 e. The van der Waals surface area contributed by atoms with Crippen LogP contribution in [0.1, 0.15) is 13.3 Å². The van der Waals surface area contributed by atoms with Crippen molar-refractivity contribution in [3.05, 3.63) is 0 Å². The molecule has 1 saturated heterocycles. The van der Waals surface area contributed by atoms with E-state index in [9.17, 15) is 8.42 Å². The van der Waals surface area contributed by atoms with Crippen molar-refractivity contribution in [1.82, 2.24) is 5.32 Å². The lowest BCUT2D eigenvalue weighted by atomic mass is 10.3. The van der Waals surface area contributed by atoms with Crippen LogP contribution in [-0.4, -0.2) is 36.0 Å². The van der Waals surface area contributed by atoms with Crippen LogP contribution < -0.4 is 5.32 Å². The van der Waals surface area contributed by atoms with Gasteiger partial charge >= 0.3 is 0 Å². The molecular weight excluding hydrogens is 226 g/mol. The second-order valence-electron chi connectivity index (χ2n) is 2.96. The van der Waals surface area contributed by atoms with Gasteiger partial charge < -0.3 is 5.32 Å². The molecule has 0 spiro atoms. The number of thiocarbonyl (C=S) groups is 1. The molecule has 0 unspecified atom stereocenters. The molecule has 0 saturated carbocycles. The van der Waals surface area contributed by atoms with Crippen LogP contribution in [0.15, 0.2) is 0 Å². The third kappa shape index (κ3) is 3.83. The zero-order valence-corrected chi connectivity index (χ0v) is 9.90. The zero-order valence-electron chi connectivity index (χ0n) is 7.45. The lowest BCUT2D eigenvalue weighted by molar-refractivity contribution is 0.600. The molecule has 0 radical (unpaired) electrons. The first-order valence-corrected chi connectivity index (χ1v) is 7.39. The molecule has 1 aliphatic rings. The quantitative estimate of drug-likeness (QED) is 0.722. The Balaban J connectivity index is 2.36. The lowest BCUT2D eigenvalue weighted by Crippen LogP contribution is -2.32. The first-order valence-electron chi connectivity index (χ1n) is 4.17. The SMILES string of the molecule is CCSC(=S)N[C@H]1CCS(=O)(=O)C1. The highest BCUT2D eigenvalue weighted by atomic mass is 32.2. The minimum absolute atomic E-state index is 0.0385. The van der Waals surface area contributed by atoms with E-state index in [-0.39, 0.29) is 11.8 Å². The minimum Gasteiger partial charge on any atom is -0.367 e. The number of hydrogen-bond acceptors (Lipinski definition) is 4. The third-order valence-electron chi connectivity index (χ3n) is 1.83. The zero-order chi connectivity index (χ0) is 9.90. The standard InChI is InChI=1S/C7H13NO2S3/c1-2-12-7(11)8-6-3-4-13(9,10)5-6/h6H,2-5H2,1H3,(H,8,11)/t6-/m0/s1. The highest BCUT2D eigenvalue weighted by molar-refractivity contribution is 8.22. The Morgan fingerprint density at radius 1 is 1.69 bits per heavy atom. The van der Waals surface area contributed by atoms with E-state index in [0.717, 1.165) is 5.75 Å². The first-order chi connectivity index (χ1) is 6.03. The molecule has 0 amide bonds. The molecule has 13 heavy (non-hydrogen) atoms. The van der Waals surface area contributed by atoms with Crippen LogP contribution >= 0.6 is 24.0 Å². The minimum atomic E-state index is -2.79. The van der Waals surface area contributed by atoms with Crippen molar-refractivity contribution in [1.29, 1.82) is 0 Å². The van der Waals surface area contributed by atoms with Gasteiger partial charge in [0.25, 0.3) is 0 Å². The van der Waals surface area contributed by atoms with Gasteiger partial charge in [-0.3, -0.25) is 0 Å². The molecule has 0 aromatic heterocycles. The fourth-order valence-electron chi connectivity index (χ4n) is 1.25. The fourth-order valence-corrected chi connectivity index (χ4v) is 3.95. The maximum atomic E-state index is 11.1. The predicted molar refractivity (Wildman–Crippen MR) is 60.9 cm³/mol. The Hall–Kier alpha value is 0.190. The Morgan fingerprint density at radius 3 is 2.85 bits per heavy atom. The van der Waals surface area contributed by atoms with Gasteiger partial charge in [-0.1, -0.05) is 30.9 Å². The first kappa shape index (κ1) is 11.3. The number of thioether (sulfide) groups is 1. The van der Waals surface area contributed by atoms with Crippen LogP contribution in [0.5, 0.6) is 0 Å². The lowest BCUT2D eigenvalue weighted by Gasteiger charge is -2.11. The van der Waals surface area contributed by atoms with Gasteiger partial charge in [0, 0.05) is 6.04 Å². The number of rotatable bonds is 2. The molecular formula is C7H13NO2S3. The summed E-state index contributed by atoms with van der Waals surface area (Å²) in [6, 6.07) is 0.0385. The van der Waals surface area contributed by atoms with E-state index >= 15 is 0 Å². The molecule has 1 N–H and O–H groups in total. The number of sulfone groups is 1. The van der Waals surface area contributed by atoms with Crippen LogP contribution in [0.25, 0.3) is 0 Å². The van der Waals surface area contributed by atoms with Gasteiger partial charge in [0.2, 0.25) is 0 Å². The Kier molecular flexibility index (Phi) is 4.00. The third-order valence-corrected chi connectivity index (χ3v) is 4.74. The summed E-state index contributed by atoms with van der Waals surface area (Å²) in [5.74, 6) is 1.45. The van der Waals surface area contributed by atoms with Crippen molar-refractivity contribution in [3.8, 4) is 0 Å². The van der Waals surface area contributed by atoms with Crippen molar-refractivity contribution in [3.63, 3.8) is 0 Å². The summed E-state index contributed by atoms with van der Waals surface area (Å²) < 4.78 is 22.9. The average molecular weight is 239 g/mol. The van der Waals surface area contributed by atoms with Gasteiger partial charge in [-0.25, -0.2) is 8.42 Å². The van der Waals surface area contributed by atoms with Crippen LogP contribution in [0.3, 0.4) is 0 Å². The number of hydrogen-bond donors (Lipinski definition) is 1. The smallest absolute Gasteiger partial charge is 0.152 e. The molecule has 1 heterocycles. The molecule has 1 rings (SSSR count). The molecule has 76 valence electrons. The molecule has 1 fully saturated rings. The summed E-state index contributed by atoms with van der Waals surface area (Å²) in [6.45, 7) is 2.02. The van der Waals surface area contributed by atoms with E-state index in [4.69, 9.17) is 12.2 Å². The van der Waals surface area contributed by atoms with E-state index in [2.05, 4.69) is 5.32 Å². The molecule has 0 bridgehead atoms. The Labute approximate surface area is 88.6 Å². The summed E-state index contributed by atoms with van der Waals surface area (Å²) in [6.07, 6.45) is 0.687. The van der Waals surface area contributed by atoms with Gasteiger partial charge in [-0.05, 0) is 12.2 Å². The van der Waals surface area contributed by atoms with Crippen molar-refractivity contribution in [2.24, 2.45) is 0 Å². The van der Waals surface area contributed by atoms with Crippen LogP contribution in [0, 0.1) is 0 Å². The maximum Gasteiger partial charge on any atom is 0.152 e. The van der Waals surface area contributed by atoms with E-state index in [1.807, 2.05) is 6.92 Å². The Bertz CT molecular complexity index is 286. The topological polar surface area (TPSA) is 46.2 Å². The van der Waals surface area contributed by atoms with Gasteiger partial charge in [-0.15, -0.1) is 0 Å². The normalized spacial score (nSPS) is 25.8. The maximum absolute atomic E-state index is 11.1. The summed E-state index contributed by atoms with van der Waals surface area (Å²) in [5, 5.41) is 3.05. The fraction of sp³-hybridized carbons (Fsp3) is 0.857. The van der Waals surface area contributed by atoms with Gasteiger partial charge in [-0.2, -0.15) is 0 Å². The van der Waals surface area contributed by atoms with E-state index in [1.54, 1.807) is 11.8 Å². The van der Waals surface area contributed by atoms with Crippen LogP contribution in [0.2, 0.25) is 0 Å². The predicted octanol–water partition coefficient (Wildman–Crippen LogP) is 0.801. The molecule has 1 aliphatic heterocycles. The van der Waals surface area contributed by atoms with Gasteiger partial charge in [0.05, 0.1) is 11.5 Å². The van der Waals surface area contributed by atoms with Gasteiger partial charge in [0.1, 0.15) is 4.32 Å². The molecule has 6 heteroatoms. The van der Waals surface area contributed by atoms with E-state index < -0.39 is 9.84 Å². The van der Waals surface area contributed by atoms with Crippen molar-refractivity contribution < 1.29 is 8.42 Å². The molecule has 0 aromatic carbocycles. The summed E-state index contributed by atoms with van der Waals surface area (Å²) in [4.78, 5) is 0. The van der Waals surface area contributed by atoms with E-state index in [0.29, 0.717) is 16.5 Å². The molecule has 0 aliphatic carbocycles. The summed E-state index contributed by atoms with van der Waals surface area (Å²) in [5.41, 5.74) is 0. The van der Waals surface area contributed by atoms with Crippen LogP contribution in [-0.2, 0) is 9.84 Å². The summed E-state index contributed by atoms with van der Waals surface area (Å²) >= 11 is 6.57.